The Labute approximate surface area is 658 Å². The Kier molecular flexibility index (Phi) is 34.5. The molecule has 6 aromatic rings. The molecule has 2 aliphatic heterocycles. The van der Waals surface area contributed by atoms with E-state index in [9.17, 15) is 24.0 Å². The van der Waals surface area contributed by atoms with E-state index >= 15 is 0 Å². The molecule has 107 heavy (non-hydrogen) atoms. The summed E-state index contributed by atoms with van der Waals surface area (Å²) in [6, 6.07) is 39.9. The first-order chi connectivity index (χ1) is 50.6. The third kappa shape index (κ3) is 30.7. The van der Waals surface area contributed by atoms with Gasteiger partial charge in [-0.2, -0.15) is 0 Å². The first-order valence-electron chi connectivity index (χ1n) is 38.6. The number of unbranched alkanes of at least 4 members (excludes halogenated alkanes) is 2. The van der Waals surface area contributed by atoms with Gasteiger partial charge in [-0.25, -0.2) is 14.4 Å². The Morgan fingerprint density at radius 1 is 0.514 bits per heavy atom. The van der Waals surface area contributed by atoms with Gasteiger partial charge >= 0.3 is 18.3 Å². The van der Waals surface area contributed by atoms with Gasteiger partial charge in [0.05, 0.1) is 12.8 Å². The number of hydrogen-bond donors (Lipinski definition) is 5. The summed E-state index contributed by atoms with van der Waals surface area (Å²) in [6.45, 7) is 32.4. The Hall–Kier alpha value is -6.45. The molecule has 7 N–H and O–H groups in total. The molecule has 2 heterocycles. The van der Waals surface area contributed by atoms with Crippen molar-refractivity contribution in [1.29, 1.82) is 0 Å². The molecule has 2 aliphatic rings. The van der Waals surface area contributed by atoms with Crippen LogP contribution < -0.4 is 27.4 Å². The van der Waals surface area contributed by atoms with E-state index in [1.165, 1.54) is 10.8 Å². The summed E-state index contributed by atoms with van der Waals surface area (Å²) in [4.78, 5) is 78.5. The molecule has 22 heteroatoms. The largest absolute Gasteiger partial charge is 0.444 e. The van der Waals surface area contributed by atoms with Crippen LogP contribution in [0.2, 0.25) is 20.1 Å². The molecule has 8 rings (SSSR count). The molecule has 18 nitrogen and oxygen atoms in total. The summed E-state index contributed by atoms with van der Waals surface area (Å²) in [6.07, 6.45) is 7.33. The lowest BCUT2D eigenvalue weighted by molar-refractivity contribution is -0.138. The van der Waals surface area contributed by atoms with Gasteiger partial charge < -0.3 is 56.3 Å². The van der Waals surface area contributed by atoms with Gasteiger partial charge in [0.25, 0.3) is 0 Å². The van der Waals surface area contributed by atoms with Crippen LogP contribution in [0.15, 0.2) is 121 Å². The predicted molar refractivity (Wildman–Crippen MR) is 439 cm³/mol. The number of carbonyl (C=O) groups is 5. The van der Waals surface area contributed by atoms with E-state index < -0.39 is 41.1 Å². The minimum Gasteiger partial charge on any atom is -0.444 e. The van der Waals surface area contributed by atoms with Crippen molar-refractivity contribution in [2.24, 2.45) is 23.3 Å². The maximum atomic E-state index is 14.5. The van der Waals surface area contributed by atoms with Crippen LogP contribution in [0.1, 0.15) is 164 Å². The van der Waals surface area contributed by atoms with Crippen molar-refractivity contribution in [3.05, 3.63) is 164 Å². The van der Waals surface area contributed by atoms with Crippen molar-refractivity contribution >= 4 is 98.0 Å². The van der Waals surface area contributed by atoms with Gasteiger partial charge in [-0.15, -0.1) is 0 Å². The highest BCUT2D eigenvalue weighted by atomic mass is 35.5. The fraction of sp³-hybridized carbons (Fsp3) is 0.565. The van der Waals surface area contributed by atoms with E-state index in [2.05, 4.69) is 118 Å². The van der Waals surface area contributed by atoms with Crippen molar-refractivity contribution in [3.63, 3.8) is 0 Å². The van der Waals surface area contributed by atoms with Gasteiger partial charge in [0, 0.05) is 128 Å². The fourth-order valence-corrected chi connectivity index (χ4v) is 15.3. The number of ether oxygens (including phenoxy) is 3. The number of carbonyl (C=O) groups excluding carboxylic acids is 5. The number of nitrogens with two attached hydrogens (primary N) is 2. The molecule has 0 unspecified atom stereocenters. The number of benzene rings is 6. The normalized spacial score (nSPS) is 17.4. The Balaban J connectivity index is 0.000000322. The first-order valence-corrected chi connectivity index (χ1v) is 40.1. The van der Waals surface area contributed by atoms with Crippen LogP contribution in [0.5, 0.6) is 0 Å². The summed E-state index contributed by atoms with van der Waals surface area (Å²) < 4.78 is 16.9. The quantitative estimate of drug-likeness (QED) is 0.0196. The first kappa shape index (κ1) is 87.8. The van der Waals surface area contributed by atoms with Crippen LogP contribution in [0.4, 0.5) is 14.4 Å². The van der Waals surface area contributed by atoms with Crippen LogP contribution >= 0.6 is 46.4 Å². The van der Waals surface area contributed by atoms with E-state index in [0.29, 0.717) is 96.8 Å². The van der Waals surface area contributed by atoms with Crippen LogP contribution in [0.3, 0.4) is 0 Å². The maximum Gasteiger partial charge on any atom is 0.410 e. The smallest absolute Gasteiger partial charge is 0.410 e. The summed E-state index contributed by atoms with van der Waals surface area (Å²) in [5, 5.41) is 16.2. The van der Waals surface area contributed by atoms with E-state index in [1.54, 1.807) is 43.9 Å². The highest BCUT2D eigenvalue weighted by Crippen LogP contribution is 2.31. The third-order valence-electron chi connectivity index (χ3n) is 19.1. The second-order valence-electron chi connectivity index (χ2n) is 33.0. The van der Waals surface area contributed by atoms with Crippen LogP contribution in [-0.4, -0.2) is 186 Å². The number of hydrogen-bond acceptors (Lipinski definition) is 13. The SMILES string of the molecule is CC(C)C[C@@H]1CN(C[C@H](Cc2ccc(Cl)cc2Cl)NC(=O)OC(C)(C)C)[C@@H](CCCCN(CCNC(=O)OC(C)(C)C)C(=O)OC(C)(C)C)CN1C(=O)Cc1ccc2ccccc2c1.CC(C)C[C@@H]1CN(C[C@H](N)Cc2ccc(Cl)cc2Cl)[C@@H](CCCCNCCN)CN1C(=O)Cc1ccc2ccccc2c1. The number of fused-ring (bicyclic) bond motifs is 2. The molecule has 6 aromatic carbocycles. The van der Waals surface area contributed by atoms with Gasteiger partial charge in [-0.3, -0.25) is 19.4 Å². The Morgan fingerprint density at radius 2 is 0.981 bits per heavy atom. The number of piperazine rings is 2. The van der Waals surface area contributed by atoms with E-state index in [1.807, 2.05) is 90.1 Å². The number of nitrogens with one attached hydrogen (secondary N) is 3. The topological polar surface area (TPSA) is 217 Å². The summed E-state index contributed by atoms with van der Waals surface area (Å²) in [5.41, 5.74) is 14.2. The van der Waals surface area contributed by atoms with Crippen molar-refractivity contribution in [2.45, 2.75) is 220 Å². The second kappa shape index (κ2) is 42.1. The number of rotatable bonds is 32. The van der Waals surface area contributed by atoms with Crippen molar-refractivity contribution < 1.29 is 38.2 Å². The molecule has 2 saturated heterocycles. The average molecular weight is 1550 g/mol. The van der Waals surface area contributed by atoms with Crippen LogP contribution in [0.25, 0.3) is 21.5 Å². The molecule has 0 spiro atoms. The molecule has 0 bridgehead atoms. The van der Waals surface area contributed by atoms with Crippen molar-refractivity contribution in [2.75, 3.05) is 78.5 Å². The molecule has 0 saturated carbocycles. The zero-order chi connectivity index (χ0) is 78.2. The molecule has 0 aliphatic carbocycles. The van der Waals surface area contributed by atoms with Gasteiger partial charge in [-0.1, -0.05) is 184 Å². The molecule has 0 radical (unpaired) electrons. The lowest BCUT2D eigenvalue weighted by Gasteiger charge is -2.48. The van der Waals surface area contributed by atoms with Gasteiger partial charge in [-0.05, 0) is 200 Å². The molecule has 6 atom stereocenters. The van der Waals surface area contributed by atoms with Gasteiger partial charge in [0.1, 0.15) is 16.8 Å². The van der Waals surface area contributed by atoms with Crippen LogP contribution in [0, 0.1) is 11.8 Å². The minimum atomic E-state index is -0.702. The average Bonchev–Trinajstić information content (AvgIpc) is 0.803. The third-order valence-corrected chi connectivity index (χ3v) is 20.3. The molecular weight excluding hydrogens is 1430 g/mol. The van der Waals surface area contributed by atoms with Gasteiger partial charge in [0.15, 0.2) is 0 Å². The highest BCUT2D eigenvalue weighted by Gasteiger charge is 2.40. The second-order valence-corrected chi connectivity index (χ2v) is 34.7. The fourth-order valence-electron chi connectivity index (χ4n) is 14.3. The minimum absolute atomic E-state index is 0.0642. The van der Waals surface area contributed by atoms with Gasteiger partial charge in [0.2, 0.25) is 11.8 Å². The van der Waals surface area contributed by atoms with Crippen molar-refractivity contribution in [3.8, 4) is 0 Å². The Morgan fingerprint density at radius 3 is 1.46 bits per heavy atom. The lowest BCUT2D eigenvalue weighted by atomic mass is 9.93. The summed E-state index contributed by atoms with van der Waals surface area (Å²) in [5.74, 6) is 1.10. The molecule has 588 valence electrons. The zero-order valence-electron chi connectivity index (χ0n) is 65.8. The van der Waals surface area contributed by atoms with E-state index in [0.717, 1.165) is 104 Å². The van der Waals surface area contributed by atoms with Crippen molar-refractivity contribution in [1.82, 2.24) is 40.4 Å². The molecule has 2 fully saturated rings. The zero-order valence-corrected chi connectivity index (χ0v) is 68.8. The standard InChI is InChI=1S/C50H73Cl2N5O7.C35H49Cl2N5O/c1-34(2)26-42-32-56(31-40(54-46(60)63-49(6,7)8)29-38-21-22-39(51)30-43(38)52)41(33-57(42)44(58)28-35-19-20-36-16-12-13-17-37(36)27-35)18-14-15-24-55(47(61)64-50(9,10)11)25-23-53-45(59)62-48(3,4)5;1-25(2)17-33-23-41(22-31(39)20-29-12-13-30(36)21-34(29)37)32(9-5-6-15-40-16-14-38)24-42(33)35(43)19-26-10-11-27-7-3-4-8-28(27)18-26/h12-13,16-17,19-22,27,30,34,40-42H,14-15,18,23-26,28-29,31-33H2,1-11H3,(H,53,59)(H,54,60);3-4,7-8,10-13,18,21,25,31-33,40H,5-6,9,14-17,19-20,22-24,38-39H2,1-2H3/t40-,41-,42+;31-,32+,33-/m01/s1. The van der Waals surface area contributed by atoms with E-state index in [-0.39, 0.29) is 61.5 Å². The highest BCUT2D eigenvalue weighted by molar-refractivity contribution is 6.35. The molecular formula is C85H122Cl4N10O8. The number of alkyl carbamates (subject to hydrolysis) is 2. The molecule has 0 aromatic heterocycles. The predicted octanol–water partition coefficient (Wildman–Crippen LogP) is 16.6. The maximum absolute atomic E-state index is 14.5. The number of nitrogens with zero attached hydrogens (tertiary/aromatic N) is 5. The summed E-state index contributed by atoms with van der Waals surface area (Å²) in [7, 11) is 0. The Bertz CT molecular complexity index is 3820. The number of halogens is 4. The molecule has 5 amide bonds. The number of amides is 5. The van der Waals surface area contributed by atoms with Crippen LogP contribution in [-0.2, 0) is 49.5 Å². The van der Waals surface area contributed by atoms with E-state index in [4.69, 9.17) is 72.1 Å². The summed E-state index contributed by atoms with van der Waals surface area (Å²) >= 11 is 25.6. The lowest BCUT2D eigenvalue weighted by Crippen LogP contribution is -2.62. The monoisotopic (exact) mass is 1550 g/mol.